The first-order valence-corrected chi connectivity index (χ1v) is 6.31. The molecule has 4 heteroatoms. The minimum atomic E-state index is -0.349. The quantitative estimate of drug-likeness (QED) is 0.629. The molecule has 0 aliphatic heterocycles. The number of nitrogens with one attached hydrogen (secondary N) is 2. The molecule has 0 saturated carbocycles. The highest BCUT2D eigenvalue weighted by Gasteiger charge is 2.11. The standard InChI is InChI=1S/C15H19N3O/c1-4-12(3)18-15(19)13(9-16)10-17-14-8-6-5-7-11(14)2/h5-8,10,12,17H,4H2,1-3H3,(H,18,19)/b13-10-. The third-order valence-corrected chi connectivity index (χ3v) is 2.87. The number of amides is 1. The number of carbonyl (C=O) groups excluding carboxylic acids is 1. The van der Waals surface area contributed by atoms with Crippen molar-refractivity contribution in [1.82, 2.24) is 5.32 Å². The second kappa shape index (κ2) is 7.22. The second-order valence-electron chi connectivity index (χ2n) is 4.41. The van der Waals surface area contributed by atoms with Gasteiger partial charge in [-0.05, 0) is 31.9 Å². The number of carbonyl (C=O) groups is 1. The first kappa shape index (κ1) is 14.8. The van der Waals surface area contributed by atoms with Crippen LogP contribution in [-0.4, -0.2) is 11.9 Å². The van der Waals surface area contributed by atoms with E-state index in [2.05, 4.69) is 10.6 Å². The van der Waals surface area contributed by atoms with E-state index in [1.807, 2.05) is 51.1 Å². The van der Waals surface area contributed by atoms with E-state index >= 15 is 0 Å². The molecule has 0 radical (unpaired) electrons. The molecule has 19 heavy (non-hydrogen) atoms. The van der Waals surface area contributed by atoms with Crippen LogP contribution in [0.5, 0.6) is 0 Å². The molecule has 0 saturated heterocycles. The number of hydrogen-bond acceptors (Lipinski definition) is 3. The minimum absolute atomic E-state index is 0.0581. The van der Waals surface area contributed by atoms with Crippen LogP contribution < -0.4 is 10.6 Å². The third kappa shape index (κ3) is 4.47. The molecule has 1 unspecified atom stereocenters. The van der Waals surface area contributed by atoms with E-state index in [0.29, 0.717) is 0 Å². The maximum absolute atomic E-state index is 11.8. The second-order valence-corrected chi connectivity index (χ2v) is 4.41. The number of nitriles is 1. The highest BCUT2D eigenvalue weighted by Crippen LogP contribution is 2.13. The van der Waals surface area contributed by atoms with Crippen molar-refractivity contribution in [1.29, 1.82) is 5.26 Å². The summed E-state index contributed by atoms with van der Waals surface area (Å²) in [5.41, 5.74) is 2.01. The minimum Gasteiger partial charge on any atom is -0.360 e. The predicted octanol–water partition coefficient (Wildman–Crippen LogP) is 2.73. The van der Waals surface area contributed by atoms with Gasteiger partial charge in [-0.15, -0.1) is 0 Å². The molecule has 100 valence electrons. The molecule has 2 N–H and O–H groups in total. The van der Waals surface area contributed by atoms with E-state index in [-0.39, 0.29) is 17.5 Å². The molecule has 0 fully saturated rings. The molecule has 1 aromatic rings. The summed E-state index contributed by atoms with van der Waals surface area (Å²) in [4.78, 5) is 11.8. The van der Waals surface area contributed by atoms with Gasteiger partial charge in [-0.25, -0.2) is 0 Å². The highest BCUT2D eigenvalue weighted by atomic mass is 16.1. The fourth-order valence-electron chi connectivity index (χ4n) is 1.44. The lowest BCUT2D eigenvalue weighted by Gasteiger charge is -2.11. The molecular weight excluding hydrogens is 238 g/mol. The number of para-hydroxylation sites is 1. The Morgan fingerprint density at radius 2 is 2.16 bits per heavy atom. The summed E-state index contributed by atoms with van der Waals surface area (Å²) in [5.74, 6) is -0.349. The van der Waals surface area contributed by atoms with Crippen LogP contribution in [0.4, 0.5) is 5.69 Å². The van der Waals surface area contributed by atoms with E-state index in [4.69, 9.17) is 5.26 Å². The van der Waals surface area contributed by atoms with Crippen molar-refractivity contribution in [3.63, 3.8) is 0 Å². The first-order valence-electron chi connectivity index (χ1n) is 6.31. The van der Waals surface area contributed by atoms with Gasteiger partial charge in [0, 0.05) is 17.9 Å². The van der Waals surface area contributed by atoms with Crippen LogP contribution in [0.2, 0.25) is 0 Å². The summed E-state index contributed by atoms with van der Waals surface area (Å²) in [5, 5.41) is 14.8. The zero-order valence-corrected chi connectivity index (χ0v) is 11.5. The number of nitrogens with zero attached hydrogens (tertiary/aromatic N) is 1. The molecule has 0 aliphatic carbocycles. The molecule has 0 heterocycles. The highest BCUT2D eigenvalue weighted by molar-refractivity contribution is 5.97. The van der Waals surface area contributed by atoms with E-state index in [1.165, 1.54) is 6.20 Å². The summed E-state index contributed by atoms with van der Waals surface area (Å²) in [6.07, 6.45) is 2.27. The molecule has 1 aromatic carbocycles. The maximum atomic E-state index is 11.8. The van der Waals surface area contributed by atoms with Crippen LogP contribution >= 0.6 is 0 Å². The zero-order valence-electron chi connectivity index (χ0n) is 11.5. The predicted molar refractivity (Wildman–Crippen MR) is 76.4 cm³/mol. The van der Waals surface area contributed by atoms with Crippen LogP contribution in [0.15, 0.2) is 36.0 Å². The molecule has 0 aliphatic rings. The molecule has 0 spiro atoms. The molecule has 1 amide bonds. The average molecular weight is 257 g/mol. The SMILES string of the molecule is CCC(C)NC(=O)/C(C#N)=C\Nc1ccccc1C. The molecule has 1 rings (SSSR count). The Bertz CT molecular complexity index is 514. The fraction of sp³-hybridized carbons (Fsp3) is 0.333. The number of anilines is 1. The Morgan fingerprint density at radius 3 is 2.74 bits per heavy atom. The van der Waals surface area contributed by atoms with Gasteiger partial charge in [0.15, 0.2) is 0 Å². The third-order valence-electron chi connectivity index (χ3n) is 2.87. The lowest BCUT2D eigenvalue weighted by atomic mass is 10.2. The summed E-state index contributed by atoms with van der Waals surface area (Å²) in [7, 11) is 0. The monoisotopic (exact) mass is 257 g/mol. The lowest BCUT2D eigenvalue weighted by molar-refractivity contribution is -0.117. The smallest absolute Gasteiger partial charge is 0.263 e. The summed E-state index contributed by atoms with van der Waals surface area (Å²) < 4.78 is 0. The fourth-order valence-corrected chi connectivity index (χ4v) is 1.44. The van der Waals surface area contributed by atoms with Gasteiger partial charge in [-0.2, -0.15) is 5.26 Å². The molecule has 4 nitrogen and oxygen atoms in total. The lowest BCUT2D eigenvalue weighted by Crippen LogP contribution is -2.33. The van der Waals surface area contributed by atoms with Crippen LogP contribution in [-0.2, 0) is 4.79 Å². The van der Waals surface area contributed by atoms with Crippen LogP contribution in [0, 0.1) is 18.3 Å². The first-order chi connectivity index (χ1) is 9.08. The average Bonchev–Trinajstić information content (AvgIpc) is 2.41. The Hall–Kier alpha value is -2.28. The van der Waals surface area contributed by atoms with Gasteiger partial charge >= 0.3 is 0 Å². The summed E-state index contributed by atoms with van der Waals surface area (Å²) >= 11 is 0. The van der Waals surface area contributed by atoms with Crippen molar-refractivity contribution < 1.29 is 4.79 Å². The van der Waals surface area contributed by atoms with Crippen LogP contribution in [0.3, 0.4) is 0 Å². The van der Waals surface area contributed by atoms with Crippen molar-refractivity contribution >= 4 is 11.6 Å². The normalized spacial score (nSPS) is 12.4. The summed E-state index contributed by atoms with van der Waals surface area (Å²) in [6, 6.07) is 9.65. The van der Waals surface area contributed by atoms with E-state index in [1.54, 1.807) is 0 Å². The van der Waals surface area contributed by atoms with Crippen molar-refractivity contribution in [3.8, 4) is 6.07 Å². The number of aryl methyl sites for hydroxylation is 1. The van der Waals surface area contributed by atoms with E-state index < -0.39 is 0 Å². The van der Waals surface area contributed by atoms with Gasteiger partial charge in [0.2, 0.25) is 0 Å². The van der Waals surface area contributed by atoms with Crippen LogP contribution in [0.1, 0.15) is 25.8 Å². The Morgan fingerprint density at radius 1 is 1.47 bits per heavy atom. The Labute approximate surface area is 114 Å². The van der Waals surface area contributed by atoms with Crippen molar-refractivity contribution in [2.45, 2.75) is 33.2 Å². The largest absolute Gasteiger partial charge is 0.360 e. The van der Waals surface area contributed by atoms with Gasteiger partial charge in [0.05, 0.1) is 0 Å². The van der Waals surface area contributed by atoms with Crippen molar-refractivity contribution in [2.75, 3.05) is 5.32 Å². The molecule has 1 atom stereocenters. The van der Waals surface area contributed by atoms with Gasteiger partial charge in [0.1, 0.15) is 11.6 Å². The van der Waals surface area contributed by atoms with Crippen LogP contribution in [0.25, 0.3) is 0 Å². The van der Waals surface area contributed by atoms with Crippen molar-refractivity contribution in [3.05, 3.63) is 41.6 Å². The Kier molecular flexibility index (Phi) is 5.62. The van der Waals surface area contributed by atoms with E-state index in [9.17, 15) is 4.79 Å². The number of hydrogen-bond donors (Lipinski definition) is 2. The number of benzene rings is 1. The van der Waals surface area contributed by atoms with Gasteiger partial charge in [0.25, 0.3) is 5.91 Å². The summed E-state index contributed by atoms with van der Waals surface area (Å²) in [6.45, 7) is 5.84. The van der Waals surface area contributed by atoms with Gasteiger partial charge in [-0.1, -0.05) is 25.1 Å². The zero-order chi connectivity index (χ0) is 14.3. The molecule has 0 aromatic heterocycles. The number of rotatable bonds is 5. The van der Waals surface area contributed by atoms with Gasteiger partial charge in [-0.3, -0.25) is 4.79 Å². The van der Waals surface area contributed by atoms with Crippen molar-refractivity contribution in [2.24, 2.45) is 0 Å². The van der Waals surface area contributed by atoms with Gasteiger partial charge < -0.3 is 10.6 Å². The Balaban J connectivity index is 2.76. The topological polar surface area (TPSA) is 64.9 Å². The maximum Gasteiger partial charge on any atom is 0.263 e. The molecule has 0 bridgehead atoms. The molecular formula is C15H19N3O. The van der Waals surface area contributed by atoms with E-state index in [0.717, 1.165) is 17.7 Å².